The monoisotopic (exact) mass is 313 g/mol. The standard InChI is InChI=1S/C15H15F4N3/c1-8(20-4-3-15(18)19)9(2)22-14-7-21-13-6-12(17)11(16)5-10(13)14/h5-7,15,20-22H,1-4H2. The predicted molar refractivity (Wildman–Crippen MR) is 78.7 cm³/mol. The molecule has 1 aromatic heterocycles. The van der Waals surface area contributed by atoms with Crippen LogP contribution in [-0.2, 0) is 0 Å². The molecule has 118 valence electrons. The number of rotatable bonds is 7. The van der Waals surface area contributed by atoms with Crippen LogP contribution < -0.4 is 10.6 Å². The van der Waals surface area contributed by atoms with E-state index in [0.29, 0.717) is 28.0 Å². The van der Waals surface area contributed by atoms with Crippen LogP contribution in [0.15, 0.2) is 42.9 Å². The van der Waals surface area contributed by atoms with Gasteiger partial charge >= 0.3 is 0 Å². The number of fused-ring (bicyclic) bond motifs is 1. The quantitative estimate of drug-likeness (QED) is 0.531. The summed E-state index contributed by atoms with van der Waals surface area (Å²) in [5.41, 5.74) is 1.60. The van der Waals surface area contributed by atoms with E-state index >= 15 is 0 Å². The Labute approximate surface area is 124 Å². The number of aromatic nitrogens is 1. The van der Waals surface area contributed by atoms with Crippen molar-refractivity contribution >= 4 is 16.6 Å². The Morgan fingerprint density at radius 1 is 1.14 bits per heavy atom. The molecule has 0 fully saturated rings. The van der Waals surface area contributed by atoms with E-state index in [9.17, 15) is 17.6 Å². The molecule has 0 bridgehead atoms. The molecule has 0 radical (unpaired) electrons. The number of anilines is 1. The van der Waals surface area contributed by atoms with Crippen molar-refractivity contribution in [2.45, 2.75) is 12.8 Å². The van der Waals surface area contributed by atoms with Gasteiger partial charge in [-0.2, -0.15) is 0 Å². The van der Waals surface area contributed by atoms with E-state index in [1.165, 1.54) is 6.20 Å². The summed E-state index contributed by atoms with van der Waals surface area (Å²) in [5, 5.41) is 6.04. The largest absolute Gasteiger partial charge is 0.384 e. The molecule has 7 heteroatoms. The van der Waals surface area contributed by atoms with Gasteiger partial charge in [-0.3, -0.25) is 0 Å². The Balaban J connectivity index is 2.05. The molecule has 0 unspecified atom stereocenters. The van der Waals surface area contributed by atoms with Gasteiger partial charge in [-0.25, -0.2) is 17.6 Å². The van der Waals surface area contributed by atoms with E-state index in [0.717, 1.165) is 12.1 Å². The lowest BCUT2D eigenvalue weighted by Crippen LogP contribution is -2.19. The fraction of sp³-hybridized carbons (Fsp3) is 0.200. The molecule has 0 amide bonds. The van der Waals surface area contributed by atoms with Crippen LogP contribution in [0.2, 0.25) is 0 Å². The maximum Gasteiger partial charge on any atom is 0.240 e. The molecule has 0 aliphatic rings. The molecule has 3 nitrogen and oxygen atoms in total. The highest BCUT2D eigenvalue weighted by molar-refractivity contribution is 5.93. The first kappa shape index (κ1) is 15.9. The second-order valence-corrected chi connectivity index (χ2v) is 4.70. The second-order valence-electron chi connectivity index (χ2n) is 4.70. The molecule has 0 saturated heterocycles. The SMILES string of the molecule is C=C(NCCC(F)F)C(=C)Nc1c[nH]c2cc(F)c(F)cc12. The van der Waals surface area contributed by atoms with Gasteiger partial charge in [0.1, 0.15) is 0 Å². The summed E-state index contributed by atoms with van der Waals surface area (Å²) in [6, 6.07) is 2.11. The maximum absolute atomic E-state index is 13.3. The third kappa shape index (κ3) is 3.60. The van der Waals surface area contributed by atoms with Crippen molar-refractivity contribution in [2.75, 3.05) is 11.9 Å². The Morgan fingerprint density at radius 2 is 1.82 bits per heavy atom. The first-order chi connectivity index (χ1) is 10.4. The zero-order valence-corrected chi connectivity index (χ0v) is 11.6. The minimum atomic E-state index is -2.40. The van der Waals surface area contributed by atoms with Gasteiger partial charge in [-0.05, 0) is 6.07 Å². The summed E-state index contributed by atoms with van der Waals surface area (Å²) in [6.07, 6.45) is -1.17. The van der Waals surface area contributed by atoms with Gasteiger partial charge in [0.25, 0.3) is 0 Å². The van der Waals surface area contributed by atoms with Crippen molar-refractivity contribution in [1.29, 1.82) is 0 Å². The van der Waals surface area contributed by atoms with Gasteiger partial charge in [-0.1, -0.05) is 13.2 Å². The Hall–Kier alpha value is -2.44. The minimum absolute atomic E-state index is 0.0604. The molecule has 0 aliphatic carbocycles. The highest BCUT2D eigenvalue weighted by Gasteiger charge is 2.11. The lowest BCUT2D eigenvalue weighted by molar-refractivity contribution is 0.138. The van der Waals surface area contributed by atoms with Gasteiger partial charge in [0.2, 0.25) is 6.43 Å². The minimum Gasteiger partial charge on any atom is -0.384 e. The fourth-order valence-corrected chi connectivity index (χ4v) is 1.90. The van der Waals surface area contributed by atoms with E-state index < -0.39 is 18.1 Å². The van der Waals surface area contributed by atoms with Crippen LogP contribution in [0.3, 0.4) is 0 Å². The number of benzene rings is 1. The van der Waals surface area contributed by atoms with Crippen LogP contribution in [0.25, 0.3) is 10.9 Å². The summed E-state index contributed by atoms with van der Waals surface area (Å²) in [5.74, 6) is -1.91. The molecule has 0 spiro atoms. The lowest BCUT2D eigenvalue weighted by atomic mass is 10.2. The third-order valence-corrected chi connectivity index (χ3v) is 3.07. The number of halogens is 4. The highest BCUT2D eigenvalue weighted by Crippen LogP contribution is 2.26. The fourth-order valence-electron chi connectivity index (χ4n) is 1.90. The Morgan fingerprint density at radius 3 is 2.50 bits per heavy atom. The van der Waals surface area contributed by atoms with E-state index in [1.54, 1.807) is 0 Å². The molecule has 1 heterocycles. The third-order valence-electron chi connectivity index (χ3n) is 3.07. The first-order valence-electron chi connectivity index (χ1n) is 6.52. The van der Waals surface area contributed by atoms with Crippen molar-refractivity contribution in [3.8, 4) is 0 Å². The van der Waals surface area contributed by atoms with Crippen LogP contribution in [0.4, 0.5) is 23.2 Å². The van der Waals surface area contributed by atoms with Gasteiger partial charge in [0.15, 0.2) is 11.6 Å². The first-order valence-corrected chi connectivity index (χ1v) is 6.52. The molecule has 0 saturated carbocycles. The molecule has 0 aliphatic heterocycles. The van der Waals surface area contributed by atoms with Gasteiger partial charge < -0.3 is 15.6 Å². The van der Waals surface area contributed by atoms with Crippen LogP contribution in [0.5, 0.6) is 0 Å². The van der Waals surface area contributed by atoms with Crippen LogP contribution in [0, 0.1) is 11.6 Å². The summed E-state index contributed by atoms with van der Waals surface area (Å²) < 4.78 is 50.6. The number of aromatic amines is 1. The Kier molecular flexibility index (Phi) is 4.75. The summed E-state index contributed by atoms with van der Waals surface area (Å²) in [6.45, 7) is 7.47. The average Bonchev–Trinajstić information content (AvgIpc) is 2.81. The highest BCUT2D eigenvalue weighted by atomic mass is 19.3. The van der Waals surface area contributed by atoms with Gasteiger partial charge in [0, 0.05) is 36.3 Å². The van der Waals surface area contributed by atoms with Crippen LogP contribution >= 0.6 is 0 Å². The zero-order valence-electron chi connectivity index (χ0n) is 11.6. The molecule has 3 N–H and O–H groups in total. The average molecular weight is 313 g/mol. The van der Waals surface area contributed by atoms with Gasteiger partial charge in [0.05, 0.1) is 16.9 Å². The van der Waals surface area contributed by atoms with Crippen molar-refractivity contribution in [3.05, 3.63) is 54.5 Å². The summed E-state index contributed by atoms with van der Waals surface area (Å²) in [4.78, 5) is 2.80. The van der Waals surface area contributed by atoms with E-state index in [1.807, 2.05) is 0 Å². The van der Waals surface area contributed by atoms with E-state index in [4.69, 9.17) is 0 Å². The number of nitrogens with one attached hydrogen (secondary N) is 3. The molecule has 2 aromatic rings. The number of H-pyrrole nitrogens is 1. The van der Waals surface area contributed by atoms with Crippen LogP contribution in [-0.4, -0.2) is 18.0 Å². The number of alkyl halides is 2. The van der Waals surface area contributed by atoms with E-state index in [-0.39, 0.29) is 13.0 Å². The Bertz CT molecular complexity index is 706. The van der Waals surface area contributed by atoms with Crippen molar-refractivity contribution in [3.63, 3.8) is 0 Å². The molecule has 0 atom stereocenters. The number of hydrogen-bond acceptors (Lipinski definition) is 2. The second kappa shape index (κ2) is 6.55. The predicted octanol–water partition coefficient (Wildman–Crippen LogP) is 4.13. The molecule has 22 heavy (non-hydrogen) atoms. The summed E-state index contributed by atoms with van der Waals surface area (Å²) in [7, 11) is 0. The molecule has 1 aromatic carbocycles. The molecular weight excluding hydrogens is 298 g/mol. The van der Waals surface area contributed by atoms with Crippen LogP contribution in [0.1, 0.15) is 6.42 Å². The van der Waals surface area contributed by atoms with Crippen molar-refractivity contribution in [2.24, 2.45) is 0 Å². The van der Waals surface area contributed by atoms with E-state index in [2.05, 4.69) is 28.8 Å². The number of hydrogen-bond donors (Lipinski definition) is 3. The van der Waals surface area contributed by atoms with Crippen molar-refractivity contribution < 1.29 is 17.6 Å². The smallest absolute Gasteiger partial charge is 0.240 e. The summed E-state index contributed by atoms with van der Waals surface area (Å²) >= 11 is 0. The zero-order chi connectivity index (χ0) is 16.3. The van der Waals surface area contributed by atoms with Crippen molar-refractivity contribution in [1.82, 2.24) is 10.3 Å². The maximum atomic E-state index is 13.3. The normalized spacial score (nSPS) is 11.0. The lowest BCUT2D eigenvalue weighted by Gasteiger charge is -2.13. The molecular formula is C15H15F4N3. The van der Waals surface area contributed by atoms with Gasteiger partial charge in [-0.15, -0.1) is 0 Å². The topological polar surface area (TPSA) is 39.8 Å². The molecule has 2 rings (SSSR count).